The number of benzene rings is 1. The summed E-state index contributed by atoms with van der Waals surface area (Å²) in [5, 5.41) is 0. The van der Waals surface area contributed by atoms with E-state index in [4.69, 9.17) is 9.47 Å². The summed E-state index contributed by atoms with van der Waals surface area (Å²) in [6.45, 7) is 10.0. The minimum absolute atomic E-state index is 0.306. The number of hydrogen-bond acceptors (Lipinski definition) is 4. The van der Waals surface area contributed by atoms with E-state index in [2.05, 4.69) is 27.7 Å². The molecule has 0 fully saturated rings. The van der Waals surface area contributed by atoms with Crippen molar-refractivity contribution >= 4 is 11.9 Å². The van der Waals surface area contributed by atoms with Crippen molar-refractivity contribution in [2.45, 2.75) is 169 Å². The third-order valence-electron chi connectivity index (χ3n) is 8.18. The Morgan fingerprint density at radius 3 is 1.00 bits per heavy atom. The number of carbonyl (C=O) groups excluding carboxylic acids is 2. The zero-order chi connectivity index (χ0) is 30.7. The van der Waals surface area contributed by atoms with Crippen LogP contribution in [0.5, 0.6) is 0 Å². The summed E-state index contributed by atoms with van der Waals surface area (Å²) in [7, 11) is 0. The molecule has 0 aromatic heterocycles. The highest BCUT2D eigenvalue weighted by molar-refractivity contribution is 6.03. The van der Waals surface area contributed by atoms with E-state index in [1.807, 2.05) is 0 Å². The van der Waals surface area contributed by atoms with E-state index in [0.717, 1.165) is 37.5 Å². The van der Waals surface area contributed by atoms with Gasteiger partial charge in [-0.25, -0.2) is 9.59 Å². The standard InChI is InChI=1S/C38H66O4/c1-33(2)27-21-17-13-9-5-7-11-15-19-25-31-41-37(39)35-29-23-24-30-36(35)38(40)42-32-26-20-16-12-8-6-10-14-18-22-28-34(3)4/h23-24,29-30,33-34H,5-22,25-28,31-32H2,1-4H3. The summed E-state index contributed by atoms with van der Waals surface area (Å²) < 4.78 is 11.0. The van der Waals surface area contributed by atoms with Crippen LogP contribution in [0.3, 0.4) is 0 Å². The largest absolute Gasteiger partial charge is 0.462 e. The van der Waals surface area contributed by atoms with E-state index >= 15 is 0 Å². The van der Waals surface area contributed by atoms with Crippen molar-refractivity contribution in [1.82, 2.24) is 0 Å². The lowest BCUT2D eigenvalue weighted by Gasteiger charge is -2.10. The van der Waals surface area contributed by atoms with Gasteiger partial charge in [-0.05, 0) is 36.8 Å². The van der Waals surface area contributed by atoms with Crippen LogP contribution in [-0.2, 0) is 9.47 Å². The van der Waals surface area contributed by atoms with Gasteiger partial charge in [-0.15, -0.1) is 0 Å². The van der Waals surface area contributed by atoms with Crippen LogP contribution in [0.25, 0.3) is 0 Å². The second-order valence-corrected chi connectivity index (χ2v) is 13.3. The molecule has 0 atom stereocenters. The van der Waals surface area contributed by atoms with Crippen LogP contribution in [0.4, 0.5) is 0 Å². The van der Waals surface area contributed by atoms with Crippen LogP contribution in [0.2, 0.25) is 0 Å². The van der Waals surface area contributed by atoms with Gasteiger partial charge in [-0.3, -0.25) is 0 Å². The molecule has 4 nitrogen and oxygen atoms in total. The molecule has 0 N–H and O–H groups in total. The predicted molar refractivity (Wildman–Crippen MR) is 178 cm³/mol. The molecule has 0 unspecified atom stereocenters. The van der Waals surface area contributed by atoms with Gasteiger partial charge in [-0.1, -0.05) is 168 Å². The van der Waals surface area contributed by atoms with Crippen molar-refractivity contribution < 1.29 is 19.1 Å². The predicted octanol–water partition coefficient (Wildman–Crippen LogP) is 11.9. The maximum atomic E-state index is 12.7. The molecule has 0 radical (unpaired) electrons. The van der Waals surface area contributed by atoms with Gasteiger partial charge >= 0.3 is 11.9 Å². The normalized spacial score (nSPS) is 11.4. The van der Waals surface area contributed by atoms with Gasteiger partial charge in [0.2, 0.25) is 0 Å². The molecule has 0 aliphatic heterocycles. The lowest BCUT2D eigenvalue weighted by Crippen LogP contribution is -2.15. The average molecular weight is 587 g/mol. The van der Waals surface area contributed by atoms with Gasteiger partial charge in [-0.2, -0.15) is 0 Å². The fourth-order valence-electron chi connectivity index (χ4n) is 5.46. The van der Waals surface area contributed by atoms with Gasteiger partial charge in [0.05, 0.1) is 24.3 Å². The highest BCUT2D eigenvalue weighted by Crippen LogP contribution is 2.16. The summed E-state index contributed by atoms with van der Waals surface area (Å²) in [4.78, 5) is 25.3. The lowest BCUT2D eigenvalue weighted by molar-refractivity contribution is 0.0450. The van der Waals surface area contributed by atoms with Gasteiger partial charge < -0.3 is 9.47 Å². The summed E-state index contributed by atoms with van der Waals surface area (Å²) in [6, 6.07) is 6.85. The summed E-state index contributed by atoms with van der Waals surface area (Å²) >= 11 is 0. The highest BCUT2D eigenvalue weighted by Gasteiger charge is 2.18. The SMILES string of the molecule is CC(C)CCCCCCCCCCCCOC(=O)c1ccccc1C(=O)OCCCCCCCCCCCCC(C)C. The lowest BCUT2D eigenvalue weighted by atomic mass is 10.0. The average Bonchev–Trinajstić information content (AvgIpc) is 2.97. The Balaban J connectivity index is 2.07. The summed E-state index contributed by atoms with van der Waals surface area (Å²) in [6.07, 6.45) is 27.7. The molecule has 4 heteroatoms. The van der Waals surface area contributed by atoms with Gasteiger partial charge in [0.1, 0.15) is 0 Å². The van der Waals surface area contributed by atoms with Gasteiger partial charge in [0.25, 0.3) is 0 Å². The first-order valence-electron chi connectivity index (χ1n) is 17.8. The van der Waals surface area contributed by atoms with Crippen molar-refractivity contribution in [2.75, 3.05) is 13.2 Å². The number of ether oxygens (including phenoxy) is 2. The molecule has 0 bridgehead atoms. The topological polar surface area (TPSA) is 52.6 Å². The van der Waals surface area contributed by atoms with E-state index < -0.39 is 11.9 Å². The van der Waals surface area contributed by atoms with E-state index in [1.54, 1.807) is 24.3 Å². The minimum Gasteiger partial charge on any atom is -0.462 e. The Morgan fingerprint density at radius 1 is 0.452 bits per heavy atom. The summed E-state index contributed by atoms with van der Waals surface area (Å²) in [5.74, 6) is 0.803. The third kappa shape index (κ3) is 21.8. The molecule has 0 saturated heterocycles. The van der Waals surface area contributed by atoms with Crippen LogP contribution in [0, 0.1) is 11.8 Å². The van der Waals surface area contributed by atoms with Crippen molar-refractivity contribution in [3.05, 3.63) is 35.4 Å². The molecule has 0 spiro atoms. The molecule has 1 rings (SSSR count). The molecule has 0 heterocycles. The smallest absolute Gasteiger partial charge is 0.339 e. The Hall–Kier alpha value is -1.84. The molecule has 242 valence electrons. The van der Waals surface area contributed by atoms with E-state index in [0.29, 0.717) is 24.3 Å². The van der Waals surface area contributed by atoms with E-state index in [9.17, 15) is 9.59 Å². The fourth-order valence-corrected chi connectivity index (χ4v) is 5.46. The Morgan fingerprint density at radius 2 is 0.714 bits per heavy atom. The van der Waals surface area contributed by atoms with E-state index in [1.165, 1.54) is 116 Å². The molecular weight excluding hydrogens is 520 g/mol. The Kier molecular flexibility index (Phi) is 24.3. The van der Waals surface area contributed by atoms with Crippen LogP contribution in [-0.4, -0.2) is 25.2 Å². The van der Waals surface area contributed by atoms with Crippen molar-refractivity contribution in [3.8, 4) is 0 Å². The number of esters is 2. The van der Waals surface area contributed by atoms with Crippen molar-refractivity contribution in [1.29, 1.82) is 0 Å². The highest BCUT2D eigenvalue weighted by atomic mass is 16.5. The number of carbonyl (C=O) groups is 2. The minimum atomic E-state index is -0.431. The quantitative estimate of drug-likeness (QED) is 0.0724. The first-order valence-corrected chi connectivity index (χ1v) is 17.8. The van der Waals surface area contributed by atoms with E-state index in [-0.39, 0.29) is 0 Å². The van der Waals surface area contributed by atoms with Crippen molar-refractivity contribution in [2.24, 2.45) is 11.8 Å². The maximum Gasteiger partial charge on any atom is 0.339 e. The van der Waals surface area contributed by atoms with Gasteiger partial charge in [0, 0.05) is 0 Å². The number of unbranched alkanes of at least 4 members (excludes halogenated alkanes) is 18. The Bertz CT molecular complexity index is 720. The first kappa shape index (κ1) is 38.2. The van der Waals surface area contributed by atoms with Crippen LogP contribution < -0.4 is 0 Å². The molecule has 0 saturated carbocycles. The first-order chi connectivity index (χ1) is 20.4. The third-order valence-corrected chi connectivity index (χ3v) is 8.18. The van der Waals surface area contributed by atoms with Crippen LogP contribution in [0.15, 0.2) is 24.3 Å². The zero-order valence-corrected chi connectivity index (χ0v) is 28.1. The molecule has 0 aliphatic rings. The van der Waals surface area contributed by atoms with Crippen molar-refractivity contribution in [3.63, 3.8) is 0 Å². The number of rotatable bonds is 28. The molecule has 1 aromatic carbocycles. The second-order valence-electron chi connectivity index (χ2n) is 13.3. The molecule has 0 aliphatic carbocycles. The molecule has 1 aromatic rings. The van der Waals surface area contributed by atoms with Crippen LogP contribution >= 0.6 is 0 Å². The monoisotopic (exact) mass is 586 g/mol. The fraction of sp³-hybridized carbons (Fsp3) is 0.789. The molecular formula is C38H66O4. The van der Waals surface area contributed by atoms with Gasteiger partial charge in [0.15, 0.2) is 0 Å². The molecule has 0 amide bonds. The second kappa shape index (κ2) is 26.8. The maximum absolute atomic E-state index is 12.7. The van der Waals surface area contributed by atoms with Crippen LogP contribution in [0.1, 0.15) is 190 Å². The molecule has 42 heavy (non-hydrogen) atoms. The number of hydrogen-bond donors (Lipinski definition) is 0. The Labute approximate surface area is 260 Å². The summed E-state index contributed by atoms with van der Waals surface area (Å²) in [5.41, 5.74) is 0.611. The zero-order valence-electron chi connectivity index (χ0n) is 28.1.